The monoisotopic (exact) mass is 441 g/mol. The molecule has 6 nitrogen and oxygen atoms in total. The minimum atomic E-state index is -3.58. The van der Waals surface area contributed by atoms with Gasteiger partial charge >= 0.3 is 0 Å². The van der Waals surface area contributed by atoms with Gasteiger partial charge in [0.05, 0.1) is 16.1 Å². The van der Waals surface area contributed by atoms with Gasteiger partial charge in [0.15, 0.2) is 0 Å². The van der Waals surface area contributed by atoms with Crippen LogP contribution in [-0.2, 0) is 10.0 Å². The molecule has 0 aliphatic carbocycles. The lowest BCUT2D eigenvalue weighted by atomic mass is 10.1. The summed E-state index contributed by atoms with van der Waals surface area (Å²) < 4.78 is 41.4. The third kappa shape index (κ3) is 3.60. The lowest BCUT2D eigenvalue weighted by Crippen LogP contribution is -2.49. The number of rotatable bonds is 4. The van der Waals surface area contributed by atoms with Crippen LogP contribution >= 0.6 is 15.9 Å². The van der Waals surface area contributed by atoms with E-state index in [1.807, 2.05) is 0 Å². The first kappa shape index (κ1) is 18.8. The largest absolute Gasteiger partial charge is 0.368 e. The molecule has 1 saturated heterocycles. The van der Waals surface area contributed by atoms with E-state index in [0.717, 1.165) is 0 Å². The molecule has 0 radical (unpaired) electrons. The molecule has 2 N–H and O–H groups in total. The molecule has 26 heavy (non-hydrogen) atoms. The van der Waals surface area contributed by atoms with E-state index in [0.29, 0.717) is 23.2 Å². The normalized spacial score (nSPS) is 15.8. The average Bonchev–Trinajstić information content (AvgIpc) is 2.61. The maximum Gasteiger partial charge on any atom is 0.253 e. The number of nitrogens with two attached hydrogens (primary N) is 1. The fraction of sp³-hybridized carbons (Fsp3) is 0.235. The van der Waals surface area contributed by atoms with Crippen molar-refractivity contribution in [3.63, 3.8) is 0 Å². The van der Waals surface area contributed by atoms with Crippen LogP contribution in [0.15, 0.2) is 51.8 Å². The number of hydrogen-bond donors (Lipinski definition) is 1. The van der Waals surface area contributed by atoms with Gasteiger partial charge in [-0.2, -0.15) is 4.31 Å². The van der Waals surface area contributed by atoms with Gasteiger partial charge in [-0.05, 0) is 24.3 Å². The molecule has 1 amide bonds. The Balaban J connectivity index is 1.83. The van der Waals surface area contributed by atoms with Crippen LogP contribution < -0.4 is 10.6 Å². The molecule has 0 aromatic heterocycles. The average molecular weight is 442 g/mol. The first-order chi connectivity index (χ1) is 12.3. The van der Waals surface area contributed by atoms with E-state index >= 15 is 0 Å². The highest BCUT2D eigenvalue weighted by Crippen LogP contribution is 2.29. The van der Waals surface area contributed by atoms with Crippen molar-refractivity contribution in [2.45, 2.75) is 4.90 Å². The molecule has 9 heteroatoms. The molecule has 0 unspecified atom stereocenters. The third-order valence-electron chi connectivity index (χ3n) is 4.24. The van der Waals surface area contributed by atoms with Crippen molar-refractivity contribution in [2.24, 2.45) is 5.73 Å². The predicted octanol–water partition coefficient (Wildman–Crippen LogP) is 2.20. The zero-order valence-corrected chi connectivity index (χ0v) is 16.1. The smallest absolute Gasteiger partial charge is 0.253 e. The number of carbonyl (C=O) groups excluding carboxylic acids is 1. The number of amides is 1. The molecular weight excluding hydrogens is 425 g/mol. The van der Waals surface area contributed by atoms with Gasteiger partial charge in [-0.1, -0.05) is 34.1 Å². The maximum atomic E-state index is 14.1. The molecule has 0 atom stereocenters. The van der Waals surface area contributed by atoms with E-state index < -0.39 is 21.7 Å². The summed E-state index contributed by atoms with van der Waals surface area (Å²) in [5.74, 6) is -1.56. The summed E-state index contributed by atoms with van der Waals surface area (Å²) >= 11 is 3.21. The lowest BCUT2D eigenvalue weighted by molar-refractivity contribution is 0.0997. The quantitative estimate of drug-likeness (QED) is 0.787. The second-order valence-electron chi connectivity index (χ2n) is 5.85. The van der Waals surface area contributed by atoms with Crippen LogP contribution in [0.3, 0.4) is 0 Å². The summed E-state index contributed by atoms with van der Waals surface area (Å²) in [6, 6.07) is 11.0. The number of sulfonamides is 1. The Labute approximate surface area is 159 Å². The van der Waals surface area contributed by atoms with Crippen molar-refractivity contribution in [3.05, 3.63) is 58.3 Å². The Morgan fingerprint density at radius 1 is 1.08 bits per heavy atom. The van der Waals surface area contributed by atoms with E-state index in [9.17, 15) is 17.6 Å². The van der Waals surface area contributed by atoms with Crippen molar-refractivity contribution in [3.8, 4) is 0 Å². The number of hydrogen-bond acceptors (Lipinski definition) is 4. The van der Waals surface area contributed by atoms with Crippen LogP contribution in [0.5, 0.6) is 0 Å². The maximum absolute atomic E-state index is 14.1. The van der Waals surface area contributed by atoms with Crippen molar-refractivity contribution in [2.75, 3.05) is 31.1 Å². The number of nitrogens with zero attached hydrogens (tertiary/aromatic N) is 2. The van der Waals surface area contributed by atoms with Crippen molar-refractivity contribution >= 4 is 37.5 Å². The van der Waals surface area contributed by atoms with Crippen molar-refractivity contribution < 1.29 is 17.6 Å². The molecule has 0 bridgehead atoms. The van der Waals surface area contributed by atoms with E-state index in [-0.39, 0.29) is 23.5 Å². The topological polar surface area (TPSA) is 83.7 Å². The summed E-state index contributed by atoms with van der Waals surface area (Å²) in [7, 11) is -3.58. The molecule has 2 aromatic rings. The van der Waals surface area contributed by atoms with Gasteiger partial charge in [0.25, 0.3) is 5.91 Å². The summed E-state index contributed by atoms with van der Waals surface area (Å²) in [5, 5.41) is 0. The zero-order valence-electron chi connectivity index (χ0n) is 13.7. The highest BCUT2D eigenvalue weighted by molar-refractivity contribution is 9.10. The molecule has 1 aliphatic heterocycles. The minimum absolute atomic E-state index is 0.187. The van der Waals surface area contributed by atoms with Gasteiger partial charge in [0.2, 0.25) is 10.0 Å². The van der Waals surface area contributed by atoms with Crippen LogP contribution in [0.1, 0.15) is 10.4 Å². The molecule has 3 rings (SSSR count). The van der Waals surface area contributed by atoms with Gasteiger partial charge in [-0.3, -0.25) is 4.79 Å². The van der Waals surface area contributed by atoms with E-state index in [2.05, 4.69) is 15.9 Å². The molecule has 1 heterocycles. The van der Waals surface area contributed by atoms with E-state index in [1.54, 1.807) is 41.3 Å². The Hall–Kier alpha value is -1.97. The fourth-order valence-corrected chi connectivity index (χ4v) is 4.83. The van der Waals surface area contributed by atoms with E-state index in [4.69, 9.17) is 5.73 Å². The summed E-state index contributed by atoms with van der Waals surface area (Å²) in [5.41, 5.74) is 5.49. The first-order valence-corrected chi connectivity index (χ1v) is 10.1. The van der Waals surface area contributed by atoms with Crippen LogP contribution in [0.2, 0.25) is 0 Å². The van der Waals surface area contributed by atoms with Crippen LogP contribution in [0.25, 0.3) is 0 Å². The Morgan fingerprint density at radius 2 is 1.69 bits per heavy atom. The van der Waals surface area contributed by atoms with Gasteiger partial charge in [0, 0.05) is 30.7 Å². The summed E-state index contributed by atoms with van der Waals surface area (Å²) in [6.45, 7) is 1.09. The summed E-state index contributed by atoms with van der Waals surface area (Å²) in [4.78, 5) is 13.6. The Morgan fingerprint density at radius 3 is 2.27 bits per heavy atom. The number of halogens is 2. The number of primary amides is 1. The summed E-state index contributed by atoms with van der Waals surface area (Å²) in [6.07, 6.45) is 0. The van der Waals surface area contributed by atoms with Crippen LogP contribution in [0.4, 0.5) is 10.1 Å². The molecular formula is C17H17BrFN3O3S. The van der Waals surface area contributed by atoms with E-state index in [1.165, 1.54) is 10.4 Å². The number of piperazine rings is 1. The minimum Gasteiger partial charge on any atom is -0.368 e. The number of benzene rings is 2. The molecule has 1 fully saturated rings. The van der Waals surface area contributed by atoms with Crippen molar-refractivity contribution in [1.82, 2.24) is 4.31 Å². The highest BCUT2D eigenvalue weighted by Gasteiger charge is 2.30. The SMILES string of the molecule is NC(=O)c1c(F)cc(Br)cc1N1CCN(S(=O)(=O)c2ccccc2)CC1. The number of carbonyl (C=O) groups is 1. The molecule has 2 aromatic carbocycles. The molecule has 0 saturated carbocycles. The Kier molecular flexibility index (Phi) is 5.31. The van der Waals surface area contributed by atoms with Gasteiger partial charge in [0.1, 0.15) is 5.82 Å². The highest BCUT2D eigenvalue weighted by atomic mass is 79.9. The Bertz CT molecular complexity index is 930. The molecule has 0 spiro atoms. The van der Waals surface area contributed by atoms with Crippen LogP contribution in [0, 0.1) is 5.82 Å². The lowest BCUT2D eigenvalue weighted by Gasteiger charge is -2.36. The van der Waals surface area contributed by atoms with Crippen LogP contribution in [-0.4, -0.2) is 44.8 Å². The van der Waals surface area contributed by atoms with Gasteiger partial charge in [-0.25, -0.2) is 12.8 Å². The zero-order chi connectivity index (χ0) is 18.9. The molecule has 138 valence electrons. The number of anilines is 1. The third-order valence-corrected chi connectivity index (χ3v) is 6.61. The second-order valence-corrected chi connectivity index (χ2v) is 8.70. The second kappa shape index (κ2) is 7.34. The fourth-order valence-electron chi connectivity index (χ4n) is 2.96. The van der Waals surface area contributed by atoms with Gasteiger partial charge < -0.3 is 10.6 Å². The standard InChI is InChI=1S/C17H17BrFN3O3S/c18-12-10-14(19)16(17(20)23)15(11-12)21-6-8-22(9-7-21)26(24,25)13-4-2-1-3-5-13/h1-5,10-11H,6-9H2,(H2,20,23). The molecule has 1 aliphatic rings. The van der Waals surface area contributed by atoms with Gasteiger partial charge in [-0.15, -0.1) is 0 Å². The first-order valence-electron chi connectivity index (χ1n) is 7.89. The van der Waals surface area contributed by atoms with Crippen molar-refractivity contribution in [1.29, 1.82) is 0 Å². The predicted molar refractivity (Wildman–Crippen MR) is 100 cm³/mol.